The highest BCUT2D eigenvalue weighted by atomic mass is 32.2. The lowest BCUT2D eigenvalue weighted by Crippen LogP contribution is -2.44. The molecular weight excluding hydrogens is 306 g/mol. The van der Waals surface area contributed by atoms with Gasteiger partial charge < -0.3 is 10.4 Å². The van der Waals surface area contributed by atoms with E-state index in [1.54, 1.807) is 20.8 Å². The maximum absolute atomic E-state index is 12.1. The molecule has 0 spiro atoms. The molecule has 1 aromatic carbocycles. The summed E-state index contributed by atoms with van der Waals surface area (Å²) >= 11 is 0. The Labute approximate surface area is 130 Å². The van der Waals surface area contributed by atoms with Crippen LogP contribution in [-0.4, -0.2) is 37.2 Å². The SMILES string of the molecule is CCCS(=O)(=O)c1cccc(C(=O)NC(C(=O)O)C(C)C)c1. The highest BCUT2D eigenvalue weighted by Crippen LogP contribution is 2.15. The lowest BCUT2D eigenvalue weighted by atomic mass is 10.0. The Morgan fingerprint density at radius 2 is 1.91 bits per heavy atom. The molecule has 2 N–H and O–H groups in total. The third-order valence-corrected chi connectivity index (χ3v) is 5.07. The van der Waals surface area contributed by atoms with Gasteiger partial charge in [-0.25, -0.2) is 13.2 Å². The van der Waals surface area contributed by atoms with Crippen molar-refractivity contribution < 1.29 is 23.1 Å². The fraction of sp³-hybridized carbons (Fsp3) is 0.467. The van der Waals surface area contributed by atoms with Crippen LogP contribution in [0.25, 0.3) is 0 Å². The van der Waals surface area contributed by atoms with Gasteiger partial charge in [-0.15, -0.1) is 0 Å². The van der Waals surface area contributed by atoms with E-state index in [2.05, 4.69) is 5.32 Å². The molecule has 0 radical (unpaired) electrons. The molecule has 0 aromatic heterocycles. The summed E-state index contributed by atoms with van der Waals surface area (Å²) in [7, 11) is -3.42. The van der Waals surface area contributed by atoms with E-state index in [1.807, 2.05) is 0 Å². The summed E-state index contributed by atoms with van der Waals surface area (Å²) in [5.41, 5.74) is 0.129. The van der Waals surface area contributed by atoms with Crippen LogP contribution < -0.4 is 5.32 Å². The summed E-state index contributed by atoms with van der Waals surface area (Å²) in [6.07, 6.45) is 0.479. The molecule has 0 fully saturated rings. The fourth-order valence-corrected chi connectivity index (χ4v) is 3.32. The predicted octanol–water partition coefficient (Wildman–Crippen LogP) is 1.71. The number of amides is 1. The number of rotatable bonds is 7. The van der Waals surface area contributed by atoms with Gasteiger partial charge in [-0.3, -0.25) is 4.79 Å². The number of carbonyl (C=O) groups is 2. The van der Waals surface area contributed by atoms with Gasteiger partial charge >= 0.3 is 5.97 Å². The second-order valence-electron chi connectivity index (χ2n) is 5.38. The topological polar surface area (TPSA) is 101 Å². The van der Waals surface area contributed by atoms with Crippen LogP contribution in [0.1, 0.15) is 37.6 Å². The number of nitrogens with one attached hydrogen (secondary N) is 1. The quantitative estimate of drug-likeness (QED) is 0.794. The Morgan fingerprint density at radius 1 is 1.27 bits per heavy atom. The number of carbonyl (C=O) groups excluding carboxylic acids is 1. The van der Waals surface area contributed by atoms with E-state index in [-0.39, 0.29) is 22.1 Å². The van der Waals surface area contributed by atoms with Crippen molar-refractivity contribution in [1.29, 1.82) is 0 Å². The molecule has 0 aliphatic rings. The molecule has 0 saturated carbocycles. The lowest BCUT2D eigenvalue weighted by Gasteiger charge is -2.18. The molecule has 6 nitrogen and oxygen atoms in total. The molecule has 1 amide bonds. The zero-order valence-corrected chi connectivity index (χ0v) is 13.7. The molecule has 0 aliphatic heterocycles. The summed E-state index contributed by atoms with van der Waals surface area (Å²) in [4.78, 5) is 23.3. The van der Waals surface area contributed by atoms with Crippen molar-refractivity contribution in [2.24, 2.45) is 5.92 Å². The van der Waals surface area contributed by atoms with Crippen molar-refractivity contribution in [3.05, 3.63) is 29.8 Å². The maximum atomic E-state index is 12.1. The monoisotopic (exact) mass is 327 g/mol. The average molecular weight is 327 g/mol. The second-order valence-corrected chi connectivity index (χ2v) is 7.49. The number of hydrogen-bond acceptors (Lipinski definition) is 4. The van der Waals surface area contributed by atoms with Crippen molar-refractivity contribution in [2.75, 3.05) is 5.75 Å². The van der Waals surface area contributed by atoms with Crippen molar-refractivity contribution >= 4 is 21.7 Å². The Hall–Kier alpha value is -1.89. The first-order valence-corrected chi connectivity index (χ1v) is 8.70. The average Bonchev–Trinajstić information content (AvgIpc) is 2.43. The third kappa shape index (κ3) is 4.56. The number of benzene rings is 1. The zero-order chi connectivity index (χ0) is 16.9. The molecule has 1 aromatic rings. The van der Waals surface area contributed by atoms with Crippen molar-refractivity contribution in [3.63, 3.8) is 0 Å². The standard InChI is InChI=1S/C15H21NO5S/c1-4-8-22(20,21)12-7-5-6-11(9-12)14(17)16-13(10(2)3)15(18)19/h5-7,9-10,13H,4,8H2,1-3H3,(H,16,17)(H,18,19). The van der Waals surface area contributed by atoms with Gasteiger partial charge in [-0.1, -0.05) is 26.8 Å². The van der Waals surface area contributed by atoms with Gasteiger partial charge in [0, 0.05) is 5.56 Å². The van der Waals surface area contributed by atoms with Gasteiger partial charge in [0.2, 0.25) is 0 Å². The van der Waals surface area contributed by atoms with Crippen molar-refractivity contribution in [2.45, 2.75) is 38.1 Å². The van der Waals surface area contributed by atoms with Gasteiger partial charge in [0.05, 0.1) is 10.6 Å². The summed E-state index contributed by atoms with van der Waals surface area (Å²) < 4.78 is 24.0. The Morgan fingerprint density at radius 3 is 2.41 bits per heavy atom. The van der Waals surface area contributed by atoms with Gasteiger partial charge in [-0.05, 0) is 30.5 Å². The van der Waals surface area contributed by atoms with Gasteiger partial charge in [0.1, 0.15) is 6.04 Å². The Kier molecular flexibility index (Phi) is 6.11. The third-order valence-electron chi connectivity index (χ3n) is 3.15. The molecule has 0 saturated heterocycles. The number of carboxylic acid groups (broad SMARTS) is 1. The van der Waals surface area contributed by atoms with Crippen molar-refractivity contribution in [3.8, 4) is 0 Å². The van der Waals surface area contributed by atoms with Crippen LogP contribution in [0.5, 0.6) is 0 Å². The minimum Gasteiger partial charge on any atom is -0.480 e. The summed E-state index contributed by atoms with van der Waals surface area (Å²) in [6.45, 7) is 5.12. The Bertz CT molecular complexity index is 652. The van der Waals surface area contributed by atoms with Crippen LogP contribution in [0, 0.1) is 5.92 Å². The predicted molar refractivity (Wildman–Crippen MR) is 82.5 cm³/mol. The first kappa shape index (κ1) is 18.2. The van der Waals surface area contributed by atoms with E-state index < -0.39 is 27.8 Å². The molecule has 22 heavy (non-hydrogen) atoms. The normalized spacial score (nSPS) is 12.9. The summed E-state index contributed by atoms with van der Waals surface area (Å²) in [5, 5.41) is 11.5. The molecule has 1 atom stereocenters. The first-order chi connectivity index (χ1) is 10.2. The lowest BCUT2D eigenvalue weighted by molar-refractivity contribution is -0.140. The molecule has 0 aliphatic carbocycles. The molecule has 1 rings (SSSR count). The number of sulfone groups is 1. The van der Waals surface area contributed by atoms with E-state index >= 15 is 0 Å². The van der Waals surface area contributed by atoms with Crippen LogP contribution in [0.2, 0.25) is 0 Å². The Balaban J connectivity index is 3.03. The highest BCUT2D eigenvalue weighted by molar-refractivity contribution is 7.91. The zero-order valence-electron chi connectivity index (χ0n) is 12.9. The van der Waals surface area contributed by atoms with Crippen LogP contribution in [0.3, 0.4) is 0 Å². The van der Waals surface area contributed by atoms with Gasteiger partial charge in [0.25, 0.3) is 5.91 Å². The van der Waals surface area contributed by atoms with Crippen LogP contribution >= 0.6 is 0 Å². The van der Waals surface area contributed by atoms with E-state index in [4.69, 9.17) is 5.11 Å². The fourth-order valence-electron chi connectivity index (χ4n) is 1.96. The molecule has 0 heterocycles. The van der Waals surface area contributed by atoms with Crippen molar-refractivity contribution in [1.82, 2.24) is 5.32 Å². The molecular formula is C15H21NO5S. The molecule has 7 heteroatoms. The van der Waals surface area contributed by atoms with E-state index in [9.17, 15) is 18.0 Å². The second kappa shape index (κ2) is 7.40. The molecule has 0 bridgehead atoms. The van der Waals surface area contributed by atoms with Crippen LogP contribution in [0.15, 0.2) is 29.2 Å². The van der Waals surface area contributed by atoms with Crippen LogP contribution in [-0.2, 0) is 14.6 Å². The first-order valence-electron chi connectivity index (χ1n) is 7.05. The minimum absolute atomic E-state index is 0.00180. The summed E-state index contributed by atoms with van der Waals surface area (Å²) in [6, 6.07) is 4.61. The van der Waals surface area contributed by atoms with E-state index in [1.165, 1.54) is 24.3 Å². The van der Waals surface area contributed by atoms with Gasteiger partial charge in [-0.2, -0.15) is 0 Å². The van der Waals surface area contributed by atoms with E-state index in [0.717, 1.165) is 0 Å². The molecule has 1 unspecified atom stereocenters. The van der Waals surface area contributed by atoms with Crippen LogP contribution in [0.4, 0.5) is 0 Å². The molecule has 122 valence electrons. The number of carboxylic acids is 1. The van der Waals surface area contributed by atoms with Gasteiger partial charge in [0.15, 0.2) is 9.84 Å². The number of hydrogen-bond donors (Lipinski definition) is 2. The number of aliphatic carboxylic acids is 1. The smallest absolute Gasteiger partial charge is 0.326 e. The van der Waals surface area contributed by atoms with E-state index in [0.29, 0.717) is 6.42 Å². The largest absolute Gasteiger partial charge is 0.480 e. The highest BCUT2D eigenvalue weighted by Gasteiger charge is 2.24. The maximum Gasteiger partial charge on any atom is 0.326 e. The summed E-state index contributed by atoms with van der Waals surface area (Å²) in [5.74, 6) is -2.01. The minimum atomic E-state index is -3.42.